The summed E-state index contributed by atoms with van der Waals surface area (Å²) in [6, 6.07) is 4.51. The average Bonchev–Trinajstić information content (AvgIpc) is 2.11. The van der Waals surface area contributed by atoms with Crippen LogP contribution in [0, 0.1) is 5.82 Å². The summed E-state index contributed by atoms with van der Waals surface area (Å²) in [5.74, 6) is -0.333. The van der Waals surface area contributed by atoms with Crippen molar-refractivity contribution in [2.24, 2.45) is 0 Å². The maximum Gasteiger partial charge on any atom is 0.137 e. The molecule has 1 rings (SSSR count). The molecule has 0 heterocycles. The first kappa shape index (κ1) is 11.6. The number of rotatable bonds is 3. The van der Waals surface area contributed by atoms with Gasteiger partial charge in [0.1, 0.15) is 5.82 Å². The zero-order valence-electron chi connectivity index (χ0n) is 7.74. The maximum absolute atomic E-state index is 12.8. The molecule has 78 valence electrons. The quantitative estimate of drug-likeness (QED) is 0.874. The molecular weight excluding hydrogens is 251 g/mol. The van der Waals surface area contributed by atoms with Gasteiger partial charge < -0.3 is 10.2 Å². The minimum Gasteiger partial charge on any atom is -0.391 e. The van der Waals surface area contributed by atoms with Crippen LogP contribution in [0.1, 0.15) is 12.5 Å². The molecule has 2 atom stereocenters. The zero-order chi connectivity index (χ0) is 10.7. The highest BCUT2D eigenvalue weighted by atomic mass is 79.9. The van der Waals surface area contributed by atoms with Crippen molar-refractivity contribution in [2.75, 3.05) is 0 Å². The molecule has 2 nitrogen and oxygen atoms in total. The maximum atomic E-state index is 12.8. The Morgan fingerprint density at radius 1 is 1.43 bits per heavy atom. The minimum atomic E-state index is -0.813. The van der Waals surface area contributed by atoms with Gasteiger partial charge in [-0.2, -0.15) is 0 Å². The van der Waals surface area contributed by atoms with Gasteiger partial charge in [-0.05, 0) is 40.5 Å². The molecular formula is C10H12BrFO2. The largest absolute Gasteiger partial charge is 0.391 e. The Bertz CT molecular complexity index is 315. The predicted molar refractivity (Wildman–Crippen MR) is 55.5 cm³/mol. The van der Waals surface area contributed by atoms with E-state index >= 15 is 0 Å². The predicted octanol–water partition coefficient (Wildman–Crippen LogP) is 1.87. The second-order valence-electron chi connectivity index (χ2n) is 3.26. The van der Waals surface area contributed by atoms with Crippen molar-refractivity contribution >= 4 is 15.9 Å². The van der Waals surface area contributed by atoms with Crippen LogP contribution >= 0.6 is 15.9 Å². The second kappa shape index (κ2) is 4.87. The summed E-state index contributed by atoms with van der Waals surface area (Å²) >= 11 is 3.05. The minimum absolute atomic E-state index is 0.316. The van der Waals surface area contributed by atoms with Crippen molar-refractivity contribution in [3.63, 3.8) is 0 Å². The summed E-state index contributed by atoms with van der Waals surface area (Å²) in [6.45, 7) is 1.52. The number of hydrogen-bond donors (Lipinski definition) is 2. The smallest absolute Gasteiger partial charge is 0.137 e. The monoisotopic (exact) mass is 262 g/mol. The van der Waals surface area contributed by atoms with Gasteiger partial charge in [-0.25, -0.2) is 4.39 Å². The molecule has 0 aliphatic heterocycles. The van der Waals surface area contributed by atoms with E-state index in [1.807, 2.05) is 0 Å². The molecule has 2 N–H and O–H groups in total. The van der Waals surface area contributed by atoms with Crippen molar-refractivity contribution in [1.82, 2.24) is 0 Å². The standard InChI is InChI=1S/C10H12BrFO2/c1-6(13)10(14)5-7-2-3-9(12)8(11)4-7/h2-4,6,10,13-14H,5H2,1H3. The molecule has 0 saturated carbocycles. The lowest BCUT2D eigenvalue weighted by Gasteiger charge is -2.13. The lowest BCUT2D eigenvalue weighted by molar-refractivity contribution is 0.0319. The highest BCUT2D eigenvalue weighted by molar-refractivity contribution is 9.10. The highest BCUT2D eigenvalue weighted by Gasteiger charge is 2.12. The van der Waals surface area contributed by atoms with Crippen molar-refractivity contribution in [3.8, 4) is 0 Å². The first-order chi connectivity index (χ1) is 6.50. The van der Waals surface area contributed by atoms with Crippen molar-refractivity contribution < 1.29 is 14.6 Å². The van der Waals surface area contributed by atoms with E-state index in [-0.39, 0.29) is 5.82 Å². The van der Waals surface area contributed by atoms with E-state index in [1.54, 1.807) is 12.1 Å². The summed E-state index contributed by atoms with van der Waals surface area (Å²) in [4.78, 5) is 0. The fraction of sp³-hybridized carbons (Fsp3) is 0.400. The van der Waals surface area contributed by atoms with Crippen molar-refractivity contribution in [1.29, 1.82) is 0 Å². The van der Waals surface area contributed by atoms with Gasteiger partial charge in [0, 0.05) is 6.42 Å². The third kappa shape index (κ3) is 3.04. The summed E-state index contributed by atoms with van der Waals surface area (Å²) in [7, 11) is 0. The van der Waals surface area contributed by atoms with Crippen LogP contribution in [0.2, 0.25) is 0 Å². The van der Waals surface area contributed by atoms with Gasteiger partial charge in [-0.3, -0.25) is 0 Å². The van der Waals surface area contributed by atoms with Gasteiger partial charge >= 0.3 is 0 Å². The van der Waals surface area contributed by atoms with E-state index in [4.69, 9.17) is 5.11 Å². The zero-order valence-corrected chi connectivity index (χ0v) is 9.33. The molecule has 0 saturated heterocycles. The third-order valence-electron chi connectivity index (χ3n) is 1.99. The van der Waals surface area contributed by atoms with Crippen LogP contribution in [0.5, 0.6) is 0 Å². The van der Waals surface area contributed by atoms with Gasteiger partial charge in [0.25, 0.3) is 0 Å². The highest BCUT2D eigenvalue weighted by Crippen LogP contribution is 2.18. The number of halogens is 2. The molecule has 0 aromatic heterocycles. The van der Waals surface area contributed by atoms with Gasteiger partial charge in [0.2, 0.25) is 0 Å². The molecule has 0 fully saturated rings. The van der Waals surface area contributed by atoms with Crippen LogP contribution in [0.25, 0.3) is 0 Å². The van der Waals surface area contributed by atoms with E-state index in [0.717, 1.165) is 5.56 Å². The van der Waals surface area contributed by atoms with E-state index < -0.39 is 12.2 Å². The second-order valence-corrected chi connectivity index (χ2v) is 4.11. The number of aliphatic hydroxyl groups excluding tert-OH is 2. The number of benzene rings is 1. The van der Waals surface area contributed by atoms with Crippen LogP contribution in [0.4, 0.5) is 4.39 Å². The van der Waals surface area contributed by atoms with Crippen LogP contribution < -0.4 is 0 Å². The van der Waals surface area contributed by atoms with E-state index in [9.17, 15) is 9.50 Å². The fourth-order valence-electron chi connectivity index (χ4n) is 1.08. The summed E-state index contributed by atoms with van der Waals surface area (Å²) < 4.78 is 13.2. The molecule has 0 aliphatic rings. The Morgan fingerprint density at radius 2 is 2.07 bits per heavy atom. The lowest BCUT2D eigenvalue weighted by Crippen LogP contribution is -2.24. The first-order valence-electron chi connectivity index (χ1n) is 4.30. The lowest BCUT2D eigenvalue weighted by atomic mass is 10.1. The Kier molecular flexibility index (Phi) is 4.04. The average molecular weight is 263 g/mol. The SMILES string of the molecule is CC(O)C(O)Cc1ccc(F)c(Br)c1. The number of aliphatic hydroxyl groups is 2. The Labute approximate surface area is 90.5 Å². The molecule has 0 aliphatic carbocycles. The summed E-state index contributed by atoms with van der Waals surface area (Å²) in [5.41, 5.74) is 0.784. The van der Waals surface area contributed by atoms with Crippen LogP contribution in [0.3, 0.4) is 0 Å². The van der Waals surface area contributed by atoms with Gasteiger partial charge in [-0.15, -0.1) is 0 Å². The fourth-order valence-corrected chi connectivity index (χ4v) is 1.50. The Hall–Kier alpha value is -0.450. The molecule has 2 unspecified atom stereocenters. The van der Waals surface area contributed by atoms with E-state index in [2.05, 4.69) is 15.9 Å². The molecule has 1 aromatic rings. The molecule has 0 spiro atoms. The Morgan fingerprint density at radius 3 is 2.57 bits per heavy atom. The van der Waals surface area contributed by atoms with Gasteiger partial charge in [0.05, 0.1) is 16.7 Å². The normalized spacial score (nSPS) is 15.2. The van der Waals surface area contributed by atoms with Crippen LogP contribution in [-0.2, 0) is 6.42 Å². The molecule has 1 aromatic carbocycles. The molecule has 14 heavy (non-hydrogen) atoms. The van der Waals surface area contributed by atoms with Crippen molar-refractivity contribution in [3.05, 3.63) is 34.1 Å². The summed E-state index contributed by atoms with van der Waals surface area (Å²) in [5, 5.41) is 18.5. The van der Waals surface area contributed by atoms with E-state index in [0.29, 0.717) is 10.9 Å². The van der Waals surface area contributed by atoms with Gasteiger partial charge in [-0.1, -0.05) is 6.07 Å². The van der Waals surface area contributed by atoms with Crippen LogP contribution in [-0.4, -0.2) is 22.4 Å². The molecule has 4 heteroatoms. The van der Waals surface area contributed by atoms with Crippen molar-refractivity contribution in [2.45, 2.75) is 25.6 Å². The molecule has 0 radical (unpaired) electrons. The molecule has 0 amide bonds. The number of hydrogen-bond acceptors (Lipinski definition) is 2. The van der Waals surface area contributed by atoms with Gasteiger partial charge in [0.15, 0.2) is 0 Å². The van der Waals surface area contributed by atoms with Crippen LogP contribution in [0.15, 0.2) is 22.7 Å². The Balaban J connectivity index is 2.73. The van der Waals surface area contributed by atoms with E-state index in [1.165, 1.54) is 13.0 Å². The summed E-state index contributed by atoms with van der Waals surface area (Å²) in [6.07, 6.45) is -1.28. The first-order valence-corrected chi connectivity index (χ1v) is 5.10. The third-order valence-corrected chi connectivity index (χ3v) is 2.59. The molecule has 0 bridgehead atoms. The topological polar surface area (TPSA) is 40.5 Å².